The molecule has 4 heteroatoms. The second-order valence-electron chi connectivity index (χ2n) is 4.97. The average Bonchev–Trinajstić information content (AvgIpc) is 2.36. The molecule has 0 aliphatic heterocycles. The summed E-state index contributed by atoms with van der Waals surface area (Å²) in [7, 11) is 0. The van der Waals surface area contributed by atoms with Crippen LogP contribution in [0.15, 0.2) is 18.2 Å². The molecular weight excluding hydrogens is 242 g/mol. The van der Waals surface area contributed by atoms with Crippen LogP contribution in [0.4, 0.5) is 5.69 Å². The molecule has 0 aliphatic rings. The Labute approximate surface area is 114 Å². The third-order valence-corrected chi connectivity index (χ3v) is 2.84. The first-order valence-corrected chi connectivity index (χ1v) is 6.62. The summed E-state index contributed by atoms with van der Waals surface area (Å²) in [4.78, 5) is 11.8. The maximum Gasteiger partial charge on any atom is 0.340 e. The number of esters is 1. The number of ether oxygens (including phenoxy) is 2. The Balaban J connectivity index is 2.30. The van der Waals surface area contributed by atoms with Gasteiger partial charge >= 0.3 is 5.97 Å². The number of aryl methyl sites for hydroxylation is 1. The molecule has 1 aromatic rings. The number of benzene rings is 1. The van der Waals surface area contributed by atoms with Crippen LogP contribution >= 0.6 is 0 Å². The summed E-state index contributed by atoms with van der Waals surface area (Å²) >= 11 is 0. The van der Waals surface area contributed by atoms with Crippen LogP contribution in [0.25, 0.3) is 0 Å². The monoisotopic (exact) mass is 265 g/mol. The van der Waals surface area contributed by atoms with E-state index >= 15 is 0 Å². The molecule has 0 amide bonds. The maximum absolute atomic E-state index is 11.8. The highest BCUT2D eigenvalue weighted by molar-refractivity contribution is 5.95. The molecule has 0 saturated heterocycles. The third-order valence-electron chi connectivity index (χ3n) is 2.84. The minimum atomic E-state index is -0.395. The molecule has 0 saturated carbocycles. The fourth-order valence-corrected chi connectivity index (χ4v) is 1.55. The van der Waals surface area contributed by atoms with E-state index in [2.05, 4.69) is 13.8 Å². The van der Waals surface area contributed by atoms with Crippen molar-refractivity contribution >= 4 is 11.7 Å². The molecule has 0 unspecified atom stereocenters. The van der Waals surface area contributed by atoms with Crippen LogP contribution in [0, 0.1) is 12.8 Å². The quantitative estimate of drug-likeness (QED) is 0.468. The van der Waals surface area contributed by atoms with Crippen LogP contribution in [-0.4, -0.2) is 25.8 Å². The number of hydrogen-bond acceptors (Lipinski definition) is 4. The Hall–Kier alpha value is -1.55. The molecule has 0 spiro atoms. The number of para-hydroxylation sites is 1. The van der Waals surface area contributed by atoms with Gasteiger partial charge in [-0.3, -0.25) is 0 Å². The molecule has 0 aromatic heterocycles. The topological polar surface area (TPSA) is 61.5 Å². The number of carbonyl (C=O) groups excluding carboxylic acids is 1. The van der Waals surface area contributed by atoms with Gasteiger partial charge in [-0.15, -0.1) is 0 Å². The summed E-state index contributed by atoms with van der Waals surface area (Å²) in [6, 6.07) is 5.33. The van der Waals surface area contributed by atoms with Crippen molar-refractivity contribution in [2.45, 2.75) is 27.2 Å². The lowest BCUT2D eigenvalue weighted by molar-refractivity contribution is 0.0304. The molecule has 4 nitrogen and oxygen atoms in total. The van der Waals surface area contributed by atoms with E-state index < -0.39 is 5.97 Å². The average molecular weight is 265 g/mol. The minimum Gasteiger partial charge on any atom is -0.460 e. The van der Waals surface area contributed by atoms with Crippen molar-refractivity contribution in [2.24, 2.45) is 5.92 Å². The molecule has 2 N–H and O–H groups in total. The van der Waals surface area contributed by atoms with Gasteiger partial charge in [-0.2, -0.15) is 0 Å². The predicted molar refractivity (Wildman–Crippen MR) is 76.1 cm³/mol. The normalized spacial score (nSPS) is 10.7. The number of carbonyl (C=O) groups is 1. The first kappa shape index (κ1) is 15.5. The van der Waals surface area contributed by atoms with E-state index in [0.717, 1.165) is 12.0 Å². The van der Waals surface area contributed by atoms with Crippen molar-refractivity contribution in [3.05, 3.63) is 29.3 Å². The summed E-state index contributed by atoms with van der Waals surface area (Å²) in [5.41, 5.74) is 7.61. The smallest absolute Gasteiger partial charge is 0.340 e. The Kier molecular flexibility index (Phi) is 6.36. The van der Waals surface area contributed by atoms with Crippen LogP contribution in [0.2, 0.25) is 0 Å². The van der Waals surface area contributed by atoms with Gasteiger partial charge < -0.3 is 15.2 Å². The molecule has 19 heavy (non-hydrogen) atoms. The van der Waals surface area contributed by atoms with E-state index in [1.807, 2.05) is 13.0 Å². The van der Waals surface area contributed by atoms with Crippen molar-refractivity contribution < 1.29 is 14.3 Å². The second-order valence-corrected chi connectivity index (χ2v) is 4.97. The van der Waals surface area contributed by atoms with Gasteiger partial charge in [-0.1, -0.05) is 26.0 Å². The first-order chi connectivity index (χ1) is 9.02. The SMILES string of the molecule is Cc1cccc(C(=O)OCCOCCC(C)C)c1N. The number of nitrogens with two attached hydrogens (primary N) is 1. The number of nitrogen functional groups attached to an aromatic ring is 1. The van der Waals surface area contributed by atoms with Gasteiger partial charge in [0.1, 0.15) is 6.61 Å². The lowest BCUT2D eigenvalue weighted by atomic mass is 10.1. The van der Waals surface area contributed by atoms with Crippen molar-refractivity contribution in [3.63, 3.8) is 0 Å². The third kappa shape index (κ3) is 5.30. The van der Waals surface area contributed by atoms with E-state index in [-0.39, 0.29) is 6.61 Å². The maximum atomic E-state index is 11.8. The molecular formula is C15H23NO3. The van der Waals surface area contributed by atoms with Gasteiger partial charge in [0.15, 0.2) is 0 Å². The van der Waals surface area contributed by atoms with Crippen molar-refractivity contribution in [2.75, 3.05) is 25.6 Å². The molecule has 1 rings (SSSR count). The molecule has 0 radical (unpaired) electrons. The van der Waals surface area contributed by atoms with E-state index in [1.165, 1.54) is 0 Å². The first-order valence-electron chi connectivity index (χ1n) is 6.62. The van der Waals surface area contributed by atoms with Gasteiger partial charge in [-0.05, 0) is 30.9 Å². The predicted octanol–water partition coefficient (Wildman–Crippen LogP) is 2.80. The Morgan fingerprint density at radius 2 is 2.00 bits per heavy atom. The van der Waals surface area contributed by atoms with Gasteiger partial charge in [0.2, 0.25) is 0 Å². The zero-order valence-corrected chi connectivity index (χ0v) is 11.9. The second kappa shape index (κ2) is 7.79. The lowest BCUT2D eigenvalue weighted by Crippen LogP contribution is -2.13. The molecule has 1 aromatic carbocycles. The molecule has 0 aliphatic carbocycles. The summed E-state index contributed by atoms with van der Waals surface area (Å²) in [5, 5.41) is 0. The van der Waals surface area contributed by atoms with Gasteiger partial charge in [0, 0.05) is 12.3 Å². The van der Waals surface area contributed by atoms with E-state index in [1.54, 1.807) is 12.1 Å². The number of anilines is 1. The van der Waals surface area contributed by atoms with Crippen LogP contribution < -0.4 is 5.73 Å². The highest BCUT2D eigenvalue weighted by Crippen LogP contribution is 2.17. The van der Waals surface area contributed by atoms with Crippen LogP contribution in [0.1, 0.15) is 36.2 Å². The fraction of sp³-hybridized carbons (Fsp3) is 0.533. The molecule has 0 fully saturated rings. The standard InChI is InChI=1S/C15H23NO3/c1-11(2)7-8-18-9-10-19-15(17)13-6-4-5-12(3)14(13)16/h4-6,11H,7-10,16H2,1-3H3. The number of rotatable bonds is 7. The number of hydrogen-bond donors (Lipinski definition) is 1. The zero-order chi connectivity index (χ0) is 14.3. The summed E-state index contributed by atoms with van der Waals surface area (Å²) in [6.07, 6.45) is 1.01. The van der Waals surface area contributed by atoms with E-state index in [9.17, 15) is 4.79 Å². The van der Waals surface area contributed by atoms with Crippen molar-refractivity contribution in [3.8, 4) is 0 Å². The van der Waals surface area contributed by atoms with Gasteiger partial charge in [0.25, 0.3) is 0 Å². The Morgan fingerprint density at radius 1 is 1.26 bits per heavy atom. The molecule has 0 heterocycles. The largest absolute Gasteiger partial charge is 0.460 e. The summed E-state index contributed by atoms with van der Waals surface area (Å²) < 4.78 is 10.5. The fourth-order valence-electron chi connectivity index (χ4n) is 1.55. The van der Waals surface area contributed by atoms with E-state index in [0.29, 0.717) is 30.4 Å². The van der Waals surface area contributed by atoms with Crippen molar-refractivity contribution in [1.29, 1.82) is 0 Å². The van der Waals surface area contributed by atoms with E-state index in [4.69, 9.17) is 15.2 Å². The highest BCUT2D eigenvalue weighted by Gasteiger charge is 2.11. The van der Waals surface area contributed by atoms with Crippen molar-refractivity contribution in [1.82, 2.24) is 0 Å². The van der Waals surface area contributed by atoms with Crippen LogP contribution in [0.5, 0.6) is 0 Å². The minimum absolute atomic E-state index is 0.254. The lowest BCUT2D eigenvalue weighted by Gasteiger charge is -2.09. The Morgan fingerprint density at radius 3 is 2.68 bits per heavy atom. The highest BCUT2D eigenvalue weighted by atomic mass is 16.6. The Bertz CT molecular complexity index is 416. The molecule has 0 atom stereocenters. The van der Waals surface area contributed by atoms with Crippen LogP contribution in [0.3, 0.4) is 0 Å². The molecule has 106 valence electrons. The summed E-state index contributed by atoms with van der Waals surface area (Å²) in [5.74, 6) is 0.225. The van der Waals surface area contributed by atoms with Crippen LogP contribution in [-0.2, 0) is 9.47 Å². The molecule has 0 bridgehead atoms. The zero-order valence-electron chi connectivity index (χ0n) is 11.9. The summed E-state index contributed by atoms with van der Waals surface area (Å²) in [6.45, 7) is 7.52. The van der Waals surface area contributed by atoms with Gasteiger partial charge in [0.05, 0.1) is 12.2 Å². The van der Waals surface area contributed by atoms with Gasteiger partial charge in [-0.25, -0.2) is 4.79 Å².